The van der Waals surface area contributed by atoms with Crippen molar-refractivity contribution < 1.29 is 9.90 Å². The number of aliphatic hydroxyl groups is 1. The van der Waals surface area contributed by atoms with Crippen LogP contribution >= 0.6 is 0 Å². The van der Waals surface area contributed by atoms with Crippen molar-refractivity contribution in [2.75, 3.05) is 6.61 Å². The number of hydrogen-bond donors (Lipinski definition) is 2. The van der Waals surface area contributed by atoms with E-state index in [2.05, 4.69) is 31.3 Å². The van der Waals surface area contributed by atoms with E-state index in [0.717, 1.165) is 25.7 Å². The summed E-state index contributed by atoms with van der Waals surface area (Å²) in [5.41, 5.74) is 0. The number of hydrogen-bond acceptors (Lipinski definition) is 2. The van der Waals surface area contributed by atoms with Crippen molar-refractivity contribution in [3.63, 3.8) is 0 Å². The SMILES string of the molecule is CCCCCCCCC=CCCCCCCCC(=O)NC(CO)CCCCCCCCCCCCCCCC. The molecule has 0 aromatic carbocycles. The van der Waals surface area contributed by atoms with Gasteiger partial charge in [0.25, 0.3) is 0 Å². The van der Waals surface area contributed by atoms with Gasteiger partial charge in [-0.2, -0.15) is 0 Å². The van der Waals surface area contributed by atoms with Gasteiger partial charge in [0.2, 0.25) is 5.91 Å². The van der Waals surface area contributed by atoms with E-state index in [-0.39, 0.29) is 18.6 Å². The van der Waals surface area contributed by atoms with E-state index < -0.39 is 0 Å². The quantitative estimate of drug-likeness (QED) is 0.0647. The number of rotatable bonds is 32. The minimum Gasteiger partial charge on any atom is -0.394 e. The number of carbonyl (C=O) groups excluding carboxylic acids is 1. The summed E-state index contributed by atoms with van der Waals surface area (Å²) >= 11 is 0. The average Bonchev–Trinajstić information content (AvgIpc) is 2.94. The number of amides is 1. The minimum atomic E-state index is -0.0574. The van der Waals surface area contributed by atoms with Crippen molar-refractivity contribution >= 4 is 5.91 Å². The van der Waals surface area contributed by atoms with Crippen molar-refractivity contribution in [1.29, 1.82) is 0 Å². The highest BCUT2D eigenvalue weighted by Gasteiger charge is 2.10. The van der Waals surface area contributed by atoms with E-state index in [1.54, 1.807) is 0 Å². The van der Waals surface area contributed by atoms with Crippen LogP contribution in [-0.2, 0) is 4.79 Å². The van der Waals surface area contributed by atoms with Crippen molar-refractivity contribution in [2.24, 2.45) is 0 Å². The van der Waals surface area contributed by atoms with Gasteiger partial charge in [-0.25, -0.2) is 0 Å². The molecule has 3 nitrogen and oxygen atoms in total. The molecule has 0 aliphatic heterocycles. The molecule has 0 aliphatic carbocycles. The third-order valence-corrected chi connectivity index (χ3v) is 8.16. The van der Waals surface area contributed by atoms with Crippen LogP contribution in [0.3, 0.4) is 0 Å². The molecule has 0 spiro atoms. The average molecular weight is 550 g/mol. The molecule has 1 atom stereocenters. The van der Waals surface area contributed by atoms with Crippen LogP contribution in [0.5, 0.6) is 0 Å². The standard InChI is InChI=1S/C36H71NO2/c1-3-5-7-9-11-13-15-17-19-21-23-25-27-29-31-33-36(39)37-35(34-38)32-30-28-26-24-22-20-18-16-14-12-10-8-6-4-2/h17,19,35,38H,3-16,18,20-34H2,1-2H3,(H,37,39). The molecule has 0 bridgehead atoms. The summed E-state index contributed by atoms with van der Waals surface area (Å²) in [6.45, 7) is 4.62. The van der Waals surface area contributed by atoms with Gasteiger partial charge >= 0.3 is 0 Å². The Bertz CT molecular complexity index is 504. The summed E-state index contributed by atoms with van der Waals surface area (Å²) in [5, 5.41) is 12.7. The predicted octanol–water partition coefficient (Wildman–Crippen LogP) is 11.4. The molecule has 0 saturated heterocycles. The van der Waals surface area contributed by atoms with Crippen molar-refractivity contribution in [1.82, 2.24) is 5.32 Å². The van der Waals surface area contributed by atoms with Gasteiger partial charge in [-0.1, -0.05) is 167 Å². The van der Waals surface area contributed by atoms with Gasteiger partial charge in [-0.15, -0.1) is 0 Å². The van der Waals surface area contributed by atoms with E-state index in [0.29, 0.717) is 6.42 Å². The lowest BCUT2D eigenvalue weighted by atomic mass is 10.0. The summed E-state index contributed by atoms with van der Waals surface area (Å²) in [6.07, 6.45) is 41.8. The van der Waals surface area contributed by atoms with Gasteiger partial charge in [0, 0.05) is 6.42 Å². The highest BCUT2D eigenvalue weighted by Crippen LogP contribution is 2.14. The zero-order valence-electron chi connectivity index (χ0n) is 26.8. The Morgan fingerprint density at radius 2 is 0.897 bits per heavy atom. The first kappa shape index (κ1) is 38.2. The maximum absolute atomic E-state index is 12.3. The van der Waals surface area contributed by atoms with Crippen molar-refractivity contribution in [3.05, 3.63) is 12.2 Å². The Hall–Kier alpha value is -0.830. The number of carbonyl (C=O) groups is 1. The lowest BCUT2D eigenvalue weighted by molar-refractivity contribution is -0.122. The summed E-state index contributed by atoms with van der Waals surface area (Å²) in [5.74, 6) is 0.122. The maximum atomic E-state index is 12.3. The summed E-state index contributed by atoms with van der Waals surface area (Å²) < 4.78 is 0. The van der Waals surface area contributed by atoms with Crippen molar-refractivity contribution in [2.45, 2.75) is 206 Å². The first-order valence-electron chi connectivity index (χ1n) is 17.8. The van der Waals surface area contributed by atoms with Crippen LogP contribution in [-0.4, -0.2) is 23.7 Å². The van der Waals surface area contributed by atoms with E-state index in [4.69, 9.17) is 0 Å². The van der Waals surface area contributed by atoms with Crippen LogP contribution in [0.1, 0.15) is 200 Å². The number of allylic oxidation sites excluding steroid dienone is 2. The zero-order valence-corrected chi connectivity index (χ0v) is 26.8. The lowest BCUT2D eigenvalue weighted by Crippen LogP contribution is -2.37. The van der Waals surface area contributed by atoms with Gasteiger partial charge in [-0.05, 0) is 38.5 Å². The van der Waals surface area contributed by atoms with Crippen LogP contribution in [0.15, 0.2) is 12.2 Å². The molecule has 0 rings (SSSR count). The molecule has 0 fully saturated rings. The van der Waals surface area contributed by atoms with E-state index in [9.17, 15) is 9.90 Å². The molecule has 0 aliphatic rings. The Morgan fingerprint density at radius 1 is 0.538 bits per heavy atom. The molecule has 0 radical (unpaired) electrons. The fourth-order valence-corrected chi connectivity index (χ4v) is 5.45. The Balaban J connectivity index is 3.44. The Kier molecular flexibility index (Phi) is 32.7. The fourth-order valence-electron chi connectivity index (χ4n) is 5.45. The first-order valence-corrected chi connectivity index (χ1v) is 17.8. The summed E-state index contributed by atoms with van der Waals surface area (Å²) in [7, 11) is 0. The number of nitrogens with one attached hydrogen (secondary N) is 1. The maximum Gasteiger partial charge on any atom is 0.220 e. The lowest BCUT2D eigenvalue weighted by Gasteiger charge is -2.16. The molecule has 3 heteroatoms. The van der Waals surface area contributed by atoms with Gasteiger partial charge in [-0.3, -0.25) is 4.79 Å². The van der Waals surface area contributed by atoms with Gasteiger partial charge in [0.15, 0.2) is 0 Å². The molecule has 1 amide bonds. The van der Waals surface area contributed by atoms with Crippen LogP contribution < -0.4 is 5.32 Å². The van der Waals surface area contributed by atoms with E-state index >= 15 is 0 Å². The first-order chi connectivity index (χ1) is 19.2. The third-order valence-electron chi connectivity index (χ3n) is 8.16. The second kappa shape index (κ2) is 33.4. The topological polar surface area (TPSA) is 49.3 Å². The van der Waals surface area contributed by atoms with Crippen LogP contribution in [0, 0.1) is 0 Å². The van der Waals surface area contributed by atoms with Crippen LogP contribution in [0.4, 0.5) is 0 Å². The second-order valence-electron chi connectivity index (χ2n) is 12.2. The number of aliphatic hydroxyl groups excluding tert-OH is 1. The normalized spacial score (nSPS) is 12.4. The smallest absolute Gasteiger partial charge is 0.220 e. The molecule has 0 heterocycles. The summed E-state index contributed by atoms with van der Waals surface area (Å²) in [4.78, 5) is 12.3. The molecule has 39 heavy (non-hydrogen) atoms. The number of unbranched alkanes of at least 4 members (excludes halogenated alkanes) is 24. The highest BCUT2D eigenvalue weighted by molar-refractivity contribution is 5.76. The van der Waals surface area contributed by atoms with Crippen molar-refractivity contribution in [3.8, 4) is 0 Å². The molecule has 2 N–H and O–H groups in total. The molecule has 232 valence electrons. The van der Waals surface area contributed by atoms with E-state index in [1.165, 1.54) is 154 Å². The highest BCUT2D eigenvalue weighted by atomic mass is 16.3. The van der Waals surface area contributed by atoms with Crippen LogP contribution in [0.2, 0.25) is 0 Å². The molecular formula is C36H71NO2. The second-order valence-corrected chi connectivity index (χ2v) is 12.2. The third kappa shape index (κ3) is 31.6. The molecule has 0 aromatic rings. The summed E-state index contributed by atoms with van der Waals surface area (Å²) in [6, 6.07) is -0.0574. The van der Waals surface area contributed by atoms with Gasteiger partial charge < -0.3 is 10.4 Å². The molecule has 1 unspecified atom stereocenters. The molecule has 0 aromatic heterocycles. The Labute approximate surface area is 245 Å². The largest absolute Gasteiger partial charge is 0.394 e. The van der Waals surface area contributed by atoms with Crippen LogP contribution in [0.25, 0.3) is 0 Å². The molecule has 0 saturated carbocycles. The van der Waals surface area contributed by atoms with Gasteiger partial charge in [0.05, 0.1) is 12.6 Å². The van der Waals surface area contributed by atoms with Gasteiger partial charge in [0.1, 0.15) is 0 Å². The molecular weight excluding hydrogens is 478 g/mol. The monoisotopic (exact) mass is 550 g/mol. The van der Waals surface area contributed by atoms with E-state index in [1.807, 2.05) is 0 Å². The minimum absolute atomic E-state index is 0.0574. The predicted molar refractivity (Wildman–Crippen MR) is 173 cm³/mol. The fraction of sp³-hybridized carbons (Fsp3) is 0.917. The Morgan fingerprint density at radius 3 is 1.31 bits per heavy atom. The zero-order chi connectivity index (χ0) is 28.5.